The van der Waals surface area contributed by atoms with Crippen LogP contribution < -0.4 is 4.74 Å². The van der Waals surface area contributed by atoms with Crippen molar-refractivity contribution in [1.82, 2.24) is 9.88 Å². The first-order valence-corrected chi connectivity index (χ1v) is 13.0. The normalized spacial score (nSPS) is 16.5. The number of hydrogen-bond donors (Lipinski definition) is 1. The lowest BCUT2D eigenvalue weighted by Gasteiger charge is -2.25. The van der Waals surface area contributed by atoms with E-state index < -0.39 is 17.7 Å². The summed E-state index contributed by atoms with van der Waals surface area (Å²) in [7, 11) is 0. The van der Waals surface area contributed by atoms with Gasteiger partial charge in [-0.3, -0.25) is 14.6 Å². The minimum absolute atomic E-state index is 0.0247. The van der Waals surface area contributed by atoms with Gasteiger partial charge in [-0.1, -0.05) is 65.7 Å². The van der Waals surface area contributed by atoms with Crippen LogP contribution in [0.1, 0.15) is 33.9 Å². The largest absolute Gasteiger partial charge is 0.507 e. The molecule has 0 bridgehead atoms. The van der Waals surface area contributed by atoms with E-state index in [2.05, 4.69) is 4.98 Å². The Morgan fingerprint density at radius 2 is 1.72 bits per heavy atom. The second-order valence-corrected chi connectivity index (χ2v) is 10.0. The predicted octanol–water partition coefficient (Wildman–Crippen LogP) is 6.90. The molecule has 1 aliphatic rings. The quantitative estimate of drug-likeness (QED) is 0.151. The van der Waals surface area contributed by atoms with Crippen molar-refractivity contribution in [2.45, 2.75) is 26.1 Å². The lowest BCUT2D eigenvalue weighted by molar-refractivity contribution is -0.140. The van der Waals surface area contributed by atoms with Crippen LogP contribution >= 0.6 is 23.2 Å². The highest BCUT2D eigenvalue weighted by Crippen LogP contribution is 2.42. The number of likely N-dealkylation sites (tertiary alicyclic amines) is 1. The summed E-state index contributed by atoms with van der Waals surface area (Å²) in [6.45, 7) is 2.32. The Balaban J connectivity index is 1.54. The van der Waals surface area contributed by atoms with Gasteiger partial charge in [-0.2, -0.15) is 0 Å². The summed E-state index contributed by atoms with van der Waals surface area (Å²) in [4.78, 5) is 32.2. The van der Waals surface area contributed by atoms with Crippen LogP contribution in [0.15, 0.2) is 96.8 Å². The first-order valence-electron chi connectivity index (χ1n) is 12.2. The molecule has 1 aromatic heterocycles. The van der Waals surface area contributed by atoms with Crippen molar-refractivity contribution < 1.29 is 19.4 Å². The first-order chi connectivity index (χ1) is 18.8. The zero-order valence-corrected chi connectivity index (χ0v) is 22.5. The molecule has 0 spiro atoms. The van der Waals surface area contributed by atoms with Crippen molar-refractivity contribution in [3.05, 3.63) is 135 Å². The molecule has 2 heterocycles. The van der Waals surface area contributed by atoms with Gasteiger partial charge >= 0.3 is 0 Å². The van der Waals surface area contributed by atoms with E-state index in [0.717, 1.165) is 11.1 Å². The van der Waals surface area contributed by atoms with Gasteiger partial charge in [0.05, 0.1) is 21.7 Å². The summed E-state index contributed by atoms with van der Waals surface area (Å²) in [5.41, 5.74) is 3.40. The Morgan fingerprint density at radius 1 is 0.949 bits per heavy atom. The second-order valence-electron chi connectivity index (χ2n) is 9.21. The highest BCUT2D eigenvalue weighted by molar-refractivity contribution is 6.46. The number of ether oxygens (including phenoxy) is 1. The summed E-state index contributed by atoms with van der Waals surface area (Å²) in [6.07, 6.45) is 3.26. The van der Waals surface area contributed by atoms with E-state index in [4.69, 9.17) is 27.9 Å². The number of aromatic nitrogens is 1. The van der Waals surface area contributed by atoms with Crippen LogP contribution in [-0.2, 0) is 22.7 Å². The number of halogens is 2. The van der Waals surface area contributed by atoms with Crippen LogP contribution in [0.2, 0.25) is 10.0 Å². The lowest BCUT2D eigenvalue weighted by Crippen LogP contribution is -2.29. The molecule has 5 rings (SSSR count). The zero-order valence-electron chi connectivity index (χ0n) is 21.0. The highest BCUT2D eigenvalue weighted by atomic mass is 35.5. The Morgan fingerprint density at radius 3 is 2.41 bits per heavy atom. The topological polar surface area (TPSA) is 79.7 Å². The first kappa shape index (κ1) is 26.5. The van der Waals surface area contributed by atoms with Crippen molar-refractivity contribution in [2.24, 2.45) is 0 Å². The van der Waals surface area contributed by atoms with Gasteiger partial charge in [0.2, 0.25) is 0 Å². The number of rotatable bonds is 7. The molecule has 6 nitrogen and oxygen atoms in total. The van der Waals surface area contributed by atoms with E-state index >= 15 is 0 Å². The van der Waals surface area contributed by atoms with Gasteiger partial charge in [-0.25, -0.2) is 0 Å². The molecule has 1 N–H and O–H groups in total. The molecule has 3 aromatic carbocycles. The molecule has 0 radical (unpaired) electrons. The van der Waals surface area contributed by atoms with Gasteiger partial charge in [0.25, 0.3) is 11.7 Å². The van der Waals surface area contributed by atoms with Gasteiger partial charge in [0, 0.05) is 24.5 Å². The number of ketones is 1. The van der Waals surface area contributed by atoms with Crippen molar-refractivity contribution in [1.29, 1.82) is 0 Å². The maximum absolute atomic E-state index is 13.4. The summed E-state index contributed by atoms with van der Waals surface area (Å²) >= 11 is 12.5. The number of amides is 1. The molecule has 1 atom stereocenters. The fourth-order valence-electron chi connectivity index (χ4n) is 4.64. The molecule has 1 saturated heterocycles. The third-order valence-electron chi connectivity index (χ3n) is 6.58. The zero-order chi connectivity index (χ0) is 27.5. The molecular formula is C31H24Cl2N2O4. The van der Waals surface area contributed by atoms with Crippen molar-refractivity contribution >= 4 is 40.7 Å². The molecule has 1 fully saturated rings. The van der Waals surface area contributed by atoms with Crippen LogP contribution in [-0.4, -0.2) is 26.7 Å². The highest BCUT2D eigenvalue weighted by Gasteiger charge is 2.46. The van der Waals surface area contributed by atoms with E-state index in [1.54, 1.807) is 54.9 Å². The minimum atomic E-state index is -0.881. The van der Waals surface area contributed by atoms with Crippen LogP contribution in [0.5, 0.6) is 5.75 Å². The van der Waals surface area contributed by atoms with Gasteiger partial charge in [0.15, 0.2) is 0 Å². The smallest absolute Gasteiger partial charge is 0.295 e. The van der Waals surface area contributed by atoms with E-state index in [1.165, 1.54) is 4.90 Å². The lowest BCUT2D eigenvalue weighted by atomic mass is 9.93. The average molecular weight is 559 g/mol. The molecule has 4 aromatic rings. The number of Topliss-reactive ketones (excluding diaryl/α,β-unsaturated/α-hetero) is 1. The average Bonchev–Trinajstić information content (AvgIpc) is 3.19. The predicted molar refractivity (Wildman–Crippen MR) is 150 cm³/mol. The van der Waals surface area contributed by atoms with E-state index in [9.17, 15) is 14.7 Å². The number of carbonyl (C=O) groups is 2. The van der Waals surface area contributed by atoms with Crippen LogP contribution in [0.25, 0.3) is 5.76 Å². The fourth-order valence-corrected chi connectivity index (χ4v) is 4.94. The summed E-state index contributed by atoms with van der Waals surface area (Å²) in [5, 5.41) is 12.1. The van der Waals surface area contributed by atoms with E-state index in [0.29, 0.717) is 34.1 Å². The monoisotopic (exact) mass is 558 g/mol. The molecule has 1 aliphatic heterocycles. The van der Waals surface area contributed by atoms with Gasteiger partial charge < -0.3 is 14.7 Å². The number of aliphatic hydroxyl groups is 1. The fraction of sp³-hybridized carbons (Fsp3) is 0.129. The molecule has 1 amide bonds. The second kappa shape index (κ2) is 11.3. The number of nitrogens with zero attached hydrogens (tertiary/aromatic N) is 2. The number of aryl methyl sites for hydroxylation is 1. The van der Waals surface area contributed by atoms with Crippen molar-refractivity contribution in [2.75, 3.05) is 0 Å². The Hall–Kier alpha value is -4.13. The van der Waals surface area contributed by atoms with Crippen LogP contribution in [0.4, 0.5) is 0 Å². The third-order valence-corrected chi connectivity index (χ3v) is 7.32. The number of hydrogen-bond acceptors (Lipinski definition) is 5. The molecular weight excluding hydrogens is 535 g/mol. The Labute approximate surface area is 236 Å². The number of carbonyl (C=O) groups excluding carboxylic acids is 2. The SMILES string of the molecule is Cc1cc(OCc2ccccc2)ccc1/C(O)=C1\C(=O)C(=O)N(Cc2cccnc2)[C@H]1c1ccc(Cl)c(Cl)c1. The summed E-state index contributed by atoms with van der Waals surface area (Å²) in [6, 6.07) is 22.6. The molecule has 196 valence electrons. The Bertz CT molecular complexity index is 1570. The van der Waals surface area contributed by atoms with E-state index in [1.807, 2.05) is 43.3 Å². The third kappa shape index (κ3) is 5.53. The number of aliphatic hydroxyl groups excluding tert-OH is 1. The van der Waals surface area contributed by atoms with Gasteiger partial charge in [0.1, 0.15) is 18.1 Å². The standard InChI is InChI=1S/C31H24Cl2N2O4/c1-19-14-23(39-18-20-6-3-2-4-7-20)10-11-24(19)29(36)27-28(22-9-12-25(32)26(33)15-22)35(31(38)30(27)37)17-21-8-5-13-34-16-21/h2-16,28,36H,17-18H2,1H3/b29-27+/t28-/m0/s1. The van der Waals surface area contributed by atoms with E-state index in [-0.39, 0.29) is 22.9 Å². The number of benzene rings is 3. The summed E-state index contributed by atoms with van der Waals surface area (Å²) < 4.78 is 5.91. The Kier molecular flexibility index (Phi) is 7.68. The van der Waals surface area contributed by atoms with Gasteiger partial charge in [-0.15, -0.1) is 0 Å². The van der Waals surface area contributed by atoms with Crippen molar-refractivity contribution in [3.63, 3.8) is 0 Å². The van der Waals surface area contributed by atoms with Crippen molar-refractivity contribution in [3.8, 4) is 5.75 Å². The maximum atomic E-state index is 13.4. The molecule has 0 aliphatic carbocycles. The van der Waals surface area contributed by atoms with Crippen LogP contribution in [0, 0.1) is 6.92 Å². The molecule has 39 heavy (non-hydrogen) atoms. The van der Waals surface area contributed by atoms with Crippen LogP contribution in [0.3, 0.4) is 0 Å². The molecule has 0 saturated carbocycles. The minimum Gasteiger partial charge on any atom is -0.507 e. The molecule has 8 heteroatoms. The molecule has 0 unspecified atom stereocenters. The maximum Gasteiger partial charge on any atom is 0.295 e. The number of pyridine rings is 1. The summed E-state index contributed by atoms with van der Waals surface area (Å²) in [5.74, 6) is -1.16. The van der Waals surface area contributed by atoms with Gasteiger partial charge in [-0.05, 0) is 65.6 Å².